The molecule has 3 aliphatic carbocycles. The van der Waals surface area contributed by atoms with Gasteiger partial charge in [-0.1, -0.05) is 315 Å². The highest BCUT2D eigenvalue weighted by Crippen LogP contribution is 2.57. The Balaban J connectivity index is 0.641. The van der Waals surface area contributed by atoms with Gasteiger partial charge in [-0.25, -0.2) is 29.9 Å². The van der Waals surface area contributed by atoms with Crippen LogP contribution < -0.4 is 0 Å². The number of aromatic nitrogens is 6. The van der Waals surface area contributed by atoms with Crippen molar-refractivity contribution in [3.8, 4) is 135 Å². The van der Waals surface area contributed by atoms with Crippen LogP contribution in [-0.4, -0.2) is 29.9 Å². The van der Waals surface area contributed by atoms with Crippen LogP contribution in [0, 0.1) is 0 Å². The number of hydrogen-bond acceptors (Lipinski definition) is 6. The summed E-state index contributed by atoms with van der Waals surface area (Å²) in [5, 5.41) is 0. The molecule has 0 radical (unpaired) electrons. The van der Waals surface area contributed by atoms with Crippen LogP contribution in [0.1, 0.15) is 45.2 Å². The van der Waals surface area contributed by atoms with E-state index in [0.29, 0.717) is 34.9 Å². The molecule has 2 heterocycles. The van der Waals surface area contributed by atoms with Crippen LogP contribution in [0.4, 0.5) is 0 Å². The summed E-state index contributed by atoms with van der Waals surface area (Å²) >= 11 is 0. The minimum Gasteiger partial charge on any atom is -0.208 e. The molecule has 2 aromatic heterocycles. The van der Waals surface area contributed by atoms with E-state index in [2.05, 4.69) is 279 Å². The number of benzene rings is 13. The van der Waals surface area contributed by atoms with Crippen molar-refractivity contribution in [2.75, 3.05) is 0 Å². The Morgan fingerprint density at radius 1 is 0.130 bits per heavy atom. The minimum absolute atomic E-state index is 0.102. The van der Waals surface area contributed by atoms with Crippen molar-refractivity contribution in [1.82, 2.24) is 29.9 Å². The van der Waals surface area contributed by atoms with Crippen LogP contribution in [0.3, 0.4) is 0 Å². The lowest BCUT2D eigenvalue weighted by atomic mass is 9.60. The van der Waals surface area contributed by atoms with E-state index in [4.69, 9.17) is 29.9 Å². The summed E-state index contributed by atoms with van der Waals surface area (Å²) in [5.41, 5.74) is 27.8. The van der Waals surface area contributed by atoms with Crippen molar-refractivity contribution in [2.24, 2.45) is 0 Å². The molecule has 15 aromatic rings. The third-order valence-corrected chi connectivity index (χ3v) is 18.3. The van der Waals surface area contributed by atoms with Gasteiger partial charge in [-0.05, 0) is 112 Å². The molecular formula is C86H56N6. The third-order valence-electron chi connectivity index (χ3n) is 18.3. The molecule has 6 heteroatoms. The Kier molecular flexibility index (Phi) is 13.6. The van der Waals surface area contributed by atoms with Gasteiger partial charge in [0.1, 0.15) is 0 Å². The first kappa shape index (κ1) is 54.1. The Morgan fingerprint density at radius 2 is 0.293 bits per heavy atom. The fourth-order valence-corrected chi connectivity index (χ4v) is 13.5. The van der Waals surface area contributed by atoms with Crippen LogP contribution in [-0.2, 0) is 0 Å². The quantitative estimate of drug-likeness (QED) is 0.121. The summed E-state index contributed by atoms with van der Waals surface area (Å²) in [6.07, 6.45) is 0. The number of hydrogen-bond donors (Lipinski definition) is 0. The van der Waals surface area contributed by atoms with E-state index in [0.717, 1.165) is 66.8 Å². The maximum Gasteiger partial charge on any atom is 0.164 e. The summed E-state index contributed by atoms with van der Waals surface area (Å²) < 4.78 is 0. The van der Waals surface area contributed by atoms with Gasteiger partial charge < -0.3 is 0 Å². The summed E-state index contributed by atoms with van der Waals surface area (Å²) in [7, 11) is 0. The molecule has 0 N–H and O–H groups in total. The fraction of sp³-hybridized carbons (Fsp3) is 0.0233. The van der Waals surface area contributed by atoms with Gasteiger partial charge in [0.05, 0.1) is 0 Å². The Hall–Kier alpha value is -12.1. The van der Waals surface area contributed by atoms with Gasteiger partial charge >= 0.3 is 0 Å². The van der Waals surface area contributed by atoms with Gasteiger partial charge in [-0.15, -0.1) is 0 Å². The van der Waals surface area contributed by atoms with Crippen molar-refractivity contribution in [3.05, 3.63) is 361 Å². The van der Waals surface area contributed by atoms with E-state index in [-0.39, 0.29) is 11.8 Å². The molecule has 2 atom stereocenters. The number of nitrogens with zero attached hydrogens (tertiary/aromatic N) is 6. The molecule has 0 saturated heterocycles. The summed E-state index contributed by atoms with van der Waals surface area (Å²) in [4.78, 5) is 30.5. The lowest BCUT2D eigenvalue weighted by molar-refractivity contribution is 0.755. The molecule has 0 fully saturated rings. The summed E-state index contributed by atoms with van der Waals surface area (Å²) in [5.74, 6) is 3.98. The highest BCUT2D eigenvalue weighted by molar-refractivity contribution is 5.80. The second-order valence-electron chi connectivity index (χ2n) is 23.7. The fourth-order valence-electron chi connectivity index (χ4n) is 13.5. The molecule has 2 unspecified atom stereocenters. The minimum atomic E-state index is 0.102. The second kappa shape index (κ2) is 23.1. The van der Waals surface area contributed by atoms with Gasteiger partial charge in [0.25, 0.3) is 0 Å². The van der Waals surface area contributed by atoms with Crippen LogP contribution in [0.5, 0.6) is 0 Å². The molecule has 2 bridgehead atoms. The zero-order chi connectivity index (χ0) is 60.9. The van der Waals surface area contributed by atoms with Crippen molar-refractivity contribution in [2.45, 2.75) is 11.8 Å². The predicted molar refractivity (Wildman–Crippen MR) is 373 cm³/mol. The average Bonchev–Trinajstić information content (AvgIpc) is 0.702. The highest BCUT2D eigenvalue weighted by Gasteiger charge is 2.41. The van der Waals surface area contributed by atoms with Gasteiger partial charge in [0.15, 0.2) is 34.9 Å². The largest absolute Gasteiger partial charge is 0.208 e. The van der Waals surface area contributed by atoms with Gasteiger partial charge in [0, 0.05) is 45.2 Å². The van der Waals surface area contributed by atoms with Crippen molar-refractivity contribution >= 4 is 0 Å². The Morgan fingerprint density at radius 3 is 0.543 bits per heavy atom. The van der Waals surface area contributed by atoms with Gasteiger partial charge in [0.2, 0.25) is 0 Å². The first-order chi connectivity index (χ1) is 45.5. The van der Waals surface area contributed by atoms with E-state index >= 15 is 0 Å². The third kappa shape index (κ3) is 10.2. The molecule has 92 heavy (non-hydrogen) atoms. The molecule has 18 rings (SSSR count). The smallest absolute Gasteiger partial charge is 0.164 e. The first-order valence-corrected chi connectivity index (χ1v) is 31.3. The lowest BCUT2D eigenvalue weighted by Crippen LogP contribution is -2.27. The van der Waals surface area contributed by atoms with E-state index < -0.39 is 0 Å². The monoisotopic (exact) mass is 1170 g/mol. The van der Waals surface area contributed by atoms with Crippen molar-refractivity contribution in [1.29, 1.82) is 0 Å². The average molecular weight is 1170 g/mol. The van der Waals surface area contributed by atoms with E-state index in [1.807, 2.05) is 48.5 Å². The topological polar surface area (TPSA) is 77.3 Å². The number of rotatable bonds is 12. The molecule has 6 nitrogen and oxygen atoms in total. The summed E-state index contributed by atoms with van der Waals surface area (Å²) in [6, 6.07) is 116. The zero-order valence-corrected chi connectivity index (χ0v) is 50.0. The zero-order valence-electron chi connectivity index (χ0n) is 50.0. The molecule has 0 amide bonds. The van der Waals surface area contributed by atoms with E-state index in [9.17, 15) is 0 Å². The standard InChI is InChI=1S/C86H56N6/c1-5-15-55(16-6-1)57-25-29-59(30-26-57)61-33-41-67(42-34-61)83-87-81(65-19-9-3-10-20-65)89-85(91-83)69-45-37-63(38-46-69)71-49-51-75-77(53-71)79-73-23-13-14-24-74(73)80(75)78-54-72(50-52-76(78)79)64-39-47-70(48-40-64)86-90-82(66-21-11-4-12-22-66)88-84(92-86)68-43-35-62(36-44-68)60-31-27-58(28-32-60)56-17-7-2-8-18-56/h1-54,79-80H. The Bertz CT molecular complexity index is 4860. The van der Waals surface area contributed by atoms with E-state index in [1.165, 1.54) is 66.8 Å². The maximum absolute atomic E-state index is 5.13. The highest BCUT2D eigenvalue weighted by atomic mass is 15.0. The SMILES string of the molecule is c1ccc(-c2ccc(-c3ccc(-c4nc(-c5ccccc5)nc(-c5ccc(-c6ccc7c(c6)C6c8ccccc8C7c7cc(-c8ccc(-c9nc(-c%10ccccc%10)nc(-c%10ccc(-c%11ccc(-c%12ccccc%12)cc%11)cc%10)n9)cc8)ccc76)cc5)n4)cc3)cc2)cc1. The summed E-state index contributed by atoms with van der Waals surface area (Å²) in [6.45, 7) is 0. The first-order valence-electron chi connectivity index (χ1n) is 31.3. The molecule has 0 saturated carbocycles. The van der Waals surface area contributed by atoms with Gasteiger partial charge in [-0.2, -0.15) is 0 Å². The maximum atomic E-state index is 5.13. The normalized spacial score (nSPS) is 13.4. The molecule has 0 aliphatic heterocycles. The van der Waals surface area contributed by atoms with Crippen LogP contribution >= 0.6 is 0 Å². The van der Waals surface area contributed by atoms with Crippen molar-refractivity contribution < 1.29 is 0 Å². The molecule has 430 valence electrons. The molecular weight excluding hydrogens is 1120 g/mol. The molecule has 3 aliphatic rings. The van der Waals surface area contributed by atoms with Crippen LogP contribution in [0.25, 0.3) is 135 Å². The molecule has 0 spiro atoms. The lowest BCUT2D eigenvalue weighted by Gasteiger charge is -2.42. The van der Waals surface area contributed by atoms with Gasteiger partial charge in [-0.3, -0.25) is 0 Å². The Labute approximate surface area is 534 Å². The van der Waals surface area contributed by atoms with Crippen molar-refractivity contribution in [3.63, 3.8) is 0 Å². The predicted octanol–water partition coefficient (Wildman–Crippen LogP) is 21.0. The van der Waals surface area contributed by atoms with Crippen LogP contribution in [0.15, 0.2) is 328 Å². The van der Waals surface area contributed by atoms with Crippen LogP contribution in [0.2, 0.25) is 0 Å². The van der Waals surface area contributed by atoms with E-state index in [1.54, 1.807) is 0 Å². The second-order valence-corrected chi connectivity index (χ2v) is 23.7. The molecule has 13 aromatic carbocycles.